The summed E-state index contributed by atoms with van der Waals surface area (Å²) in [6.45, 7) is 2.71. The van der Waals surface area contributed by atoms with Crippen LogP contribution in [0.2, 0.25) is 0 Å². The Morgan fingerprint density at radius 1 is 0.710 bits per heavy atom. The van der Waals surface area contributed by atoms with Gasteiger partial charge in [0.1, 0.15) is 11.5 Å². The number of esters is 1. The molecule has 2 aromatic carbocycles. The number of hydrogen-bond donors (Lipinski definition) is 2. The molecule has 2 N–H and O–H groups in total. The summed E-state index contributed by atoms with van der Waals surface area (Å²) in [5.41, 5.74) is 1.86. The van der Waals surface area contributed by atoms with Gasteiger partial charge < -0.3 is 14.9 Å². The van der Waals surface area contributed by atoms with Crippen molar-refractivity contribution in [1.29, 1.82) is 0 Å². The first-order chi connectivity index (χ1) is 15.1. The molecule has 0 aliphatic carbocycles. The number of rotatable bonds is 15. The van der Waals surface area contributed by atoms with E-state index in [0.717, 1.165) is 24.0 Å². The van der Waals surface area contributed by atoms with Crippen molar-refractivity contribution >= 4 is 5.97 Å². The minimum absolute atomic E-state index is 0.179. The van der Waals surface area contributed by atoms with Gasteiger partial charge >= 0.3 is 5.97 Å². The van der Waals surface area contributed by atoms with Crippen LogP contribution in [0.25, 0.3) is 0 Å². The highest BCUT2D eigenvalue weighted by molar-refractivity contribution is 5.71. The number of benzene rings is 2. The monoisotopic (exact) mass is 426 g/mol. The normalized spacial score (nSPS) is 11.0. The lowest BCUT2D eigenvalue weighted by Gasteiger charge is -2.18. The molecule has 0 fully saturated rings. The summed E-state index contributed by atoms with van der Waals surface area (Å²) in [6.07, 6.45) is 12.7. The highest BCUT2D eigenvalue weighted by Crippen LogP contribution is 2.30. The van der Waals surface area contributed by atoms with Crippen LogP contribution < -0.4 is 0 Å². The Labute approximate surface area is 187 Å². The molecule has 31 heavy (non-hydrogen) atoms. The van der Waals surface area contributed by atoms with Gasteiger partial charge in [0.05, 0.1) is 13.0 Å². The first kappa shape index (κ1) is 24.8. The molecule has 0 amide bonds. The first-order valence-electron chi connectivity index (χ1n) is 11.8. The van der Waals surface area contributed by atoms with Crippen molar-refractivity contribution in [2.45, 2.75) is 83.5 Å². The molecule has 0 aromatic heterocycles. The third-order valence-corrected chi connectivity index (χ3v) is 5.72. The van der Waals surface area contributed by atoms with E-state index >= 15 is 0 Å². The van der Waals surface area contributed by atoms with Crippen LogP contribution in [0.1, 0.15) is 94.6 Å². The van der Waals surface area contributed by atoms with Crippen molar-refractivity contribution in [3.63, 3.8) is 0 Å². The number of carbonyl (C=O) groups excluding carboxylic acids is 1. The van der Waals surface area contributed by atoms with Gasteiger partial charge in [-0.3, -0.25) is 4.79 Å². The van der Waals surface area contributed by atoms with Gasteiger partial charge in [-0.15, -0.1) is 0 Å². The largest absolute Gasteiger partial charge is 0.508 e. The van der Waals surface area contributed by atoms with Crippen molar-refractivity contribution < 1.29 is 19.7 Å². The number of phenolic OH excluding ortho intramolecular Hbond substituents is 2. The molecule has 170 valence electrons. The Morgan fingerprint density at radius 3 is 1.58 bits per heavy atom. The predicted octanol–water partition coefficient (Wildman–Crippen LogP) is 7.08. The van der Waals surface area contributed by atoms with Gasteiger partial charge in [-0.25, -0.2) is 0 Å². The quantitative estimate of drug-likeness (QED) is 0.236. The van der Waals surface area contributed by atoms with Gasteiger partial charge in [0.25, 0.3) is 0 Å². The fourth-order valence-corrected chi connectivity index (χ4v) is 3.84. The number of unbranched alkanes of at least 4 members (excludes halogenated alkanes) is 9. The van der Waals surface area contributed by atoms with Crippen molar-refractivity contribution in [2.24, 2.45) is 0 Å². The van der Waals surface area contributed by atoms with Gasteiger partial charge in [0.15, 0.2) is 0 Å². The summed E-state index contributed by atoms with van der Waals surface area (Å²) in [5, 5.41) is 19.1. The fourth-order valence-electron chi connectivity index (χ4n) is 3.84. The number of ether oxygens (including phenoxy) is 1. The lowest BCUT2D eigenvalue weighted by Crippen LogP contribution is -2.12. The number of phenols is 2. The van der Waals surface area contributed by atoms with Crippen LogP contribution in [0.15, 0.2) is 48.5 Å². The third kappa shape index (κ3) is 9.91. The SMILES string of the molecule is CCCCCCCCCCCCOC(=O)CC(c1ccc(O)cc1)c1ccc(O)cc1. The van der Waals surface area contributed by atoms with E-state index in [9.17, 15) is 15.0 Å². The van der Waals surface area contributed by atoms with Gasteiger partial charge in [-0.2, -0.15) is 0 Å². The van der Waals surface area contributed by atoms with Crippen LogP contribution in [0.5, 0.6) is 11.5 Å². The average molecular weight is 427 g/mol. The number of aromatic hydroxyl groups is 2. The highest BCUT2D eigenvalue weighted by atomic mass is 16.5. The lowest BCUT2D eigenvalue weighted by atomic mass is 9.88. The number of hydrogen-bond acceptors (Lipinski definition) is 4. The van der Waals surface area contributed by atoms with Crippen LogP contribution >= 0.6 is 0 Å². The molecule has 0 spiro atoms. The zero-order chi connectivity index (χ0) is 22.3. The van der Waals surface area contributed by atoms with Crippen LogP contribution in [-0.2, 0) is 9.53 Å². The Bertz CT molecular complexity index is 691. The molecule has 0 bridgehead atoms. The summed E-state index contributed by atoms with van der Waals surface area (Å²) < 4.78 is 5.50. The molecule has 0 atom stereocenters. The summed E-state index contributed by atoms with van der Waals surface area (Å²) in [4.78, 5) is 12.5. The fraction of sp³-hybridized carbons (Fsp3) is 0.519. The van der Waals surface area contributed by atoms with E-state index in [1.807, 2.05) is 24.3 Å². The van der Waals surface area contributed by atoms with Crippen molar-refractivity contribution in [2.75, 3.05) is 6.61 Å². The first-order valence-corrected chi connectivity index (χ1v) is 11.8. The Morgan fingerprint density at radius 2 is 1.13 bits per heavy atom. The van der Waals surface area contributed by atoms with Gasteiger partial charge in [-0.1, -0.05) is 89.0 Å². The minimum atomic E-state index is -0.220. The zero-order valence-electron chi connectivity index (χ0n) is 18.9. The second-order valence-electron chi connectivity index (χ2n) is 8.34. The molecule has 0 radical (unpaired) electrons. The number of carbonyl (C=O) groups is 1. The average Bonchev–Trinajstić information content (AvgIpc) is 2.77. The molecular weight excluding hydrogens is 388 g/mol. The molecule has 0 saturated carbocycles. The van der Waals surface area contributed by atoms with E-state index in [1.165, 1.54) is 51.4 Å². The van der Waals surface area contributed by atoms with Crippen LogP contribution in [0, 0.1) is 0 Å². The van der Waals surface area contributed by atoms with Gasteiger partial charge in [0, 0.05) is 5.92 Å². The Balaban J connectivity index is 1.72. The van der Waals surface area contributed by atoms with Crippen molar-refractivity contribution in [3.05, 3.63) is 59.7 Å². The molecular formula is C27H38O4. The maximum atomic E-state index is 12.5. The minimum Gasteiger partial charge on any atom is -0.508 e. The second-order valence-corrected chi connectivity index (χ2v) is 8.34. The predicted molar refractivity (Wildman–Crippen MR) is 125 cm³/mol. The summed E-state index contributed by atoms with van der Waals surface area (Å²) in [6, 6.07) is 13.8. The van der Waals surface area contributed by atoms with E-state index < -0.39 is 0 Å². The highest BCUT2D eigenvalue weighted by Gasteiger charge is 2.19. The maximum absolute atomic E-state index is 12.5. The van der Waals surface area contributed by atoms with Crippen molar-refractivity contribution in [1.82, 2.24) is 0 Å². The van der Waals surface area contributed by atoms with Crippen LogP contribution in [-0.4, -0.2) is 22.8 Å². The molecule has 2 rings (SSSR count). The molecule has 4 nitrogen and oxygen atoms in total. The second kappa shape index (κ2) is 14.5. The van der Waals surface area contributed by atoms with E-state index in [0.29, 0.717) is 6.61 Å². The molecule has 0 aliphatic heterocycles. The van der Waals surface area contributed by atoms with E-state index in [1.54, 1.807) is 24.3 Å². The smallest absolute Gasteiger partial charge is 0.306 e. The standard InChI is InChI=1S/C27H38O4/c1-2-3-4-5-6-7-8-9-10-11-20-31-27(30)21-26(22-12-16-24(28)17-13-22)23-14-18-25(29)19-15-23/h12-19,26,28-29H,2-11,20-21H2,1H3. The third-order valence-electron chi connectivity index (χ3n) is 5.72. The molecule has 0 aliphatic rings. The van der Waals surface area contributed by atoms with Crippen LogP contribution in [0.4, 0.5) is 0 Å². The zero-order valence-corrected chi connectivity index (χ0v) is 18.9. The van der Waals surface area contributed by atoms with Gasteiger partial charge in [-0.05, 0) is 41.8 Å². The lowest BCUT2D eigenvalue weighted by molar-refractivity contribution is -0.144. The molecule has 0 heterocycles. The van der Waals surface area contributed by atoms with Gasteiger partial charge in [0.2, 0.25) is 0 Å². The van der Waals surface area contributed by atoms with E-state index in [-0.39, 0.29) is 29.8 Å². The Hall–Kier alpha value is -2.49. The summed E-state index contributed by atoms with van der Waals surface area (Å²) in [5.74, 6) is -0.0167. The van der Waals surface area contributed by atoms with E-state index in [4.69, 9.17) is 4.74 Å². The molecule has 4 heteroatoms. The molecule has 2 aromatic rings. The van der Waals surface area contributed by atoms with Crippen molar-refractivity contribution in [3.8, 4) is 11.5 Å². The topological polar surface area (TPSA) is 66.8 Å². The summed E-state index contributed by atoms with van der Waals surface area (Å²) in [7, 11) is 0. The summed E-state index contributed by atoms with van der Waals surface area (Å²) >= 11 is 0. The molecule has 0 saturated heterocycles. The Kier molecular flexibility index (Phi) is 11.6. The van der Waals surface area contributed by atoms with E-state index in [2.05, 4.69) is 6.92 Å². The maximum Gasteiger partial charge on any atom is 0.306 e. The van der Waals surface area contributed by atoms with Crippen LogP contribution in [0.3, 0.4) is 0 Å². The molecule has 0 unspecified atom stereocenters.